The number of anilines is 1. The number of halogens is 5. The largest absolute Gasteiger partial charge is 0.417 e. The summed E-state index contributed by atoms with van der Waals surface area (Å²) in [6.07, 6.45) is -4.23. The highest BCUT2D eigenvalue weighted by atomic mass is 32.2. The molecule has 3 rings (SSSR count). The van der Waals surface area contributed by atoms with E-state index in [-0.39, 0.29) is 12.5 Å². The number of hydrogen-bond acceptors (Lipinski definition) is 3. The van der Waals surface area contributed by atoms with Crippen LogP contribution in [0.5, 0.6) is 0 Å². The first-order valence-corrected chi connectivity index (χ1v) is 9.92. The van der Waals surface area contributed by atoms with E-state index in [2.05, 4.69) is 4.72 Å². The average Bonchev–Trinajstić information content (AvgIpc) is 3.11. The molecular formula is C18H17F5N2O2S. The Labute approximate surface area is 159 Å². The third-order valence-electron chi connectivity index (χ3n) is 4.60. The predicted molar refractivity (Wildman–Crippen MR) is 93.3 cm³/mol. The van der Waals surface area contributed by atoms with Crippen molar-refractivity contribution in [1.29, 1.82) is 0 Å². The van der Waals surface area contributed by atoms with Crippen molar-refractivity contribution in [1.82, 2.24) is 4.72 Å². The number of sulfonamides is 1. The van der Waals surface area contributed by atoms with Gasteiger partial charge < -0.3 is 4.90 Å². The molecule has 10 heteroatoms. The molecular weight excluding hydrogens is 403 g/mol. The lowest BCUT2D eigenvalue weighted by molar-refractivity contribution is -0.139. The average molecular weight is 420 g/mol. The molecule has 2 aromatic rings. The third kappa shape index (κ3) is 4.44. The molecule has 1 aliphatic heterocycles. The van der Waals surface area contributed by atoms with E-state index in [1.807, 2.05) is 0 Å². The smallest absolute Gasteiger partial charge is 0.371 e. The van der Waals surface area contributed by atoms with Gasteiger partial charge in [-0.1, -0.05) is 12.1 Å². The summed E-state index contributed by atoms with van der Waals surface area (Å²) in [4.78, 5) is 0.948. The van der Waals surface area contributed by atoms with E-state index in [4.69, 9.17) is 0 Å². The first kappa shape index (κ1) is 20.5. The summed E-state index contributed by atoms with van der Waals surface area (Å²) < 4.78 is 92.6. The number of hydrogen-bond donors (Lipinski definition) is 1. The zero-order chi connectivity index (χ0) is 20.5. The van der Waals surface area contributed by atoms with Gasteiger partial charge in [0, 0.05) is 31.4 Å². The van der Waals surface area contributed by atoms with Gasteiger partial charge in [-0.15, -0.1) is 0 Å². The highest BCUT2D eigenvalue weighted by Crippen LogP contribution is 2.34. The van der Waals surface area contributed by atoms with Gasteiger partial charge in [-0.05, 0) is 36.6 Å². The van der Waals surface area contributed by atoms with E-state index in [1.54, 1.807) is 4.90 Å². The maximum absolute atomic E-state index is 13.4. The zero-order valence-electron chi connectivity index (χ0n) is 14.5. The van der Waals surface area contributed by atoms with Gasteiger partial charge in [0.2, 0.25) is 10.0 Å². The fourth-order valence-corrected chi connectivity index (χ4v) is 4.50. The topological polar surface area (TPSA) is 49.4 Å². The summed E-state index contributed by atoms with van der Waals surface area (Å²) in [5.74, 6) is -2.12. The number of benzene rings is 2. The summed E-state index contributed by atoms with van der Waals surface area (Å²) in [6, 6.07) is 7.46. The van der Waals surface area contributed by atoms with Crippen LogP contribution in [0.25, 0.3) is 0 Å². The van der Waals surface area contributed by atoms with Gasteiger partial charge in [0.05, 0.1) is 10.5 Å². The molecule has 0 amide bonds. The molecule has 1 atom stereocenters. The van der Waals surface area contributed by atoms with Gasteiger partial charge in [0.15, 0.2) is 11.6 Å². The van der Waals surface area contributed by atoms with Crippen LogP contribution in [-0.4, -0.2) is 28.1 Å². The highest BCUT2D eigenvalue weighted by molar-refractivity contribution is 7.89. The molecule has 0 aliphatic carbocycles. The number of alkyl halides is 3. The van der Waals surface area contributed by atoms with Crippen molar-refractivity contribution in [3.05, 3.63) is 59.7 Å². The normalized spacial score (nSPS) is 17.9. The minimum absolute atomic E-state index is 0.0608. The van der Waals surface area contributed by atoms with Gasteiger partial charge in [0.1, 0.15) is 0 Å². The van der Waals surface area contributed by atoms with Crippen LogP contribution in [0.15, 0.2) is 47.4 Å². The third-order valence-corrected chi connectivity index (χ3v) is 6.08. The van der Waals surface area contributed by atoms with E-state index in [9.17, 15) is 30.4 Å². The van der Waals surface area contributed by atoms with E-state index < -0.39 is 38.3 Å². The van der Waals surface area contributed by atoms with Crippen molar-refractivity contribution in [2.45, 2.75) is 17.5 Å². The summed E-state index contributed by atoms with van der Waals surface area (Å²) in [5, 5.41) is 0. The predicted octanol–water partition coefficient (Wildman–Crippen LogP) is 3.79. The Morgan fingerprint density at radius 1 is 1.07 bits per heavy atom. The maximum Gasteiger partial charge on any atom is 0.417 e. The minimum Gasteiger partial charge on any atom is -0.371 e. The van der Waals surface area contributed by atoms with Crippen LogP contribution in [0.4, 0.5) is 27.6 Å². The van der Waals surface area contributed by atoms with E-state index in [0.29, 0.717) is 25.2 Å². The van der Waals surface area contributed by atoms with Crippen molar-refractivity contribution in [2.75, 3.05) is 24.5 Å². The van der Waals surface area contributed by atoms with Crippen molar-refractivity contribution < 1.29 is 30.4 Å². The first-order chi connectivity index (χ1) is 13.1. The van der Waals surface area contributed by atoms with Crippen molar-refractivity contribution in [3.8, 4) is 0 Å². The highest BCUT2D eigenvalue weighted by Gasteiger charge is 2.37. The Bertz CT molecular complexity index is 963. The van der Waals surface area contributed by atoms with Crippen LogP contribution in [-0.2, 0) is 16.2 Å². The van der Waals surface area contributed by atoms with E-state index in [0.717, 1.165) is 30.3 Å². The summed E-state index contributed by atoms with van der Waals surface area (Å²) in [5.41, 5.74) is -0.760. The van der Waals surface area contributed by atoms with Crippen LogP contribution >= 0.6 is 0 Å². The van der Waals surface area contributed by atoms with Gasteiger partial charge in [-0.25, -0.2) is 21.9 Å². The molecule has 0 unspecified atom stereocenters. The van der Waals surface area contributed by atoms with Gasteiger partial charge >= 0.3 is 6.18 Å². The van der Waals surface area contributed by atoms with Crippen molar-refractivity contribution >= 4 is 15.7 Å². The van der Waals surface area contributed by atoms with Crippen LogP contribution in [0.1, 0.15) is 12.0 Å². The molecule has 1 heterocycles. The van der Waals surface area contributed by atoms with Gasteiger partial charge in [-0.3, -0.25) is 0 Å². The SMILES string of the molecule is O=S(=O)(NC[C@@H]1CCN(c2ccc(F)c(F)c2)C1)c1ccccc1C(F)(F)F. The molecule has 0 spiro atoms. The Hall–Kier alpha value is -2.20. The van der Waals surface area contributed by atoms with Crippen LogP contribution in [0, 0.1) is 17.6 Å². The monoisotopic (exact) mass is 420 g/mol. The molecule has 0 bridgehead atoms. The first-order valence-electron chi connectivity index (χ1n) is 8.44. The van der Waals surface area contributed by atoms with Crippen molar-refractivity contribution in [2.24, 2.45) is 5.92 Å². The molecule has 0 radical (unpaired) electrons. The second-order valence-corrected chi connectivity index (χ2v) is 8.28. The standard InChI is InChI=1S/C18H17F5N2O2S/c19-15-6-5-13(9-16(15)20)25-8-7-12(11-25)10-24-28(26,27)17-4-2-1-3-14(17)18(21,22)23/h1-6,9,12,24H,7-8,10-11H2/t12-/m0/s1. The lowest BCUT2D eigenvalue weighted by atomic mass is 10.1. The van der Waals surface area contributed by atoms with Gasteiger partial charge in [0.25, 0.3) is 0 Å². The Balaban J connectivity index is 1.67. The molecule has 0 aromatic heterocycles. The Kier molecular flexibility index (Phi) is 5.62. The second kappa shape index (κ2) is 7.67. The lowest BCUT2D eigenvalue weighted by Crippen LogP contribution is -2.32. The fourth-order valence-electron chi connectivity index (χ4n) is 3.16. The molecule has 1 aliphatic rings. The lowest BCUT2D eigenvalue weighted by Gasteiger charge is -2.19. The molecule has 1 saturated heterocycles. The molecule has 1 N–H and O–H groups in total. The Morgan fingerprint density at radius 2 is 1.79 bits per heavy atom. The molecule has 0 saturated carbocycles. The molecule has 152 valence electrons. The Morgan fingerprint density at radius 3 is 2.46 bits per heavy atom. The fraction of sp³-hybridized carbons (Fsp3) is 0.333. The quantitative estimate of drug-likeness (QED) is 0.749. The second-order valence-electron chi connectivity index (χ2n) is 6.54. The summed E-state index contributed by atoms with van der Waals surface area (Å²) in [7, 11) is -4.35. The number of nitrogens with one attached hydrogen (secondary N) is 1. The van der Waals surface area contributed by atoms with Crippen LogP contribution in [0.2, 0.25) is 0 Å². The minimum atomic E-state index is -4.79. The van der Waals surface area contributed by atoms with Crippen molar-refractivity contribution in [3.63, 3.8) is 0 Å². The maximum atomic E-state index is 13.4. The number of nitrogens with zero attached hydrogens (tertiary/aromatic N) is 1. The van der Waals surface area contributed by atoms with E-state index >= 15 is 0 Å². The summed E-state index contributed by atoms with van der Waals surface area (Å²) in [6.45, 7) is 0.805. The molecule has 4 nitrogen and oxygen atoms in total. The van der Waals surface area contributed by atoms with E-state index in [1.165, 1.54) is 12.1 Å². The van der Waals surface area contributed by atoms with Gasteiger partial charge in [-0.2, -0.15) is 13.2 Å². The number of rotatable bonds is 5. The van der Waals surface area contributed by atoms with Crippen LogP contribution in [0.3, 0.4) is 0 Å². The molecule has 28 heavy (non-hydrogen) atoms. The summed E-state index contributed by atoms with van der Waals surface area (Å²) >= 11 is 0. The zero-order valence-corrected chi connectivity index (χ0v) is 15.3. The molecule has 2 aromatic carbocycles. The van der Waals surface area contributed by atoms with Crippen LogP contribution < -0.4 is 9.62 Å². The molecule has 1 fully saturated rings.